The maximum absolute atomic E-state index is 11.5. The number of methoxy groups -OCH3 is 1. The molecule has 5 unspecified atom stereocenters. The molecule has 0 radical (unpaired) electrons. The first-order chi connectivity index (χ1) is 16.5. The van der Waals surface area contributed by atoms with Gasteiger partial charge in [0.25, 0.3) is 0 Å². The summed E-state index contributed by atoms with van der Waals surface area (Å²) < 4.78 is 10.8. The predicted molar refractivity (Wildman–Crippen MR) is 147 cm³/mol. The van der Waals surface area contributed by atoms with Crippen LogP contribution in [-0.2, 0) is 14.3 Å². The van der Waals surface area contributed by atoms with Crippen LogP contribution in [-0.4, -0.2) is 30.4 Å². The van der Waals surface area contributed by atoms with Crippen LogP contribution in [0.25, 0.3) is 0 Å². The monoisotopic (exact) mass is 492 g/mol. The first-order valence-electron chi connectivity index (χ1n) is 14.3. The molecule has 1 rings (SSSR count). The Bertz CT molecular complexity index is 675. The lowest BCUT2D eigenvalue weighted by atomic mass is 9.85. The van der Waals surface area contributed by atoms with Gasteiger partial charge < -0.3 is 14.6 Å². The fraction of sp³-hybridized carbons (Fsp3) is 0.839. The summed E-state index contributed by atoms with van der Waals surface area (Å²) >= 11 is 0. The predicted octanol–water partition coefficient (Wildman–Crippen LogP) is 8.39. The van der Waals surface area contributed by atoms with Gasteiger partial charge in [0.2, 0.25) is 0 Å². The number of hydrogen-bond acceptors (Lipinski definition) is 4. The van der Waals surface area contributed by atoms with E-state index in [0.29, 0.717) is 11.8 Å². The number of carbonyl (C=O) groups excluding carboxylic acids is 1. The molecule has 0 amide bonds. The normalized spacial score (nSPS) is 20.6. The Morgan fingerprint density at radius 1 is 1.06 bits per heavy atom. The minimum absolute atomic E-state index is 0.0893. The van der Waals surface area contributed by atoms with Gasteiger partial charge in [-0.15, -0.1) is 0 Å². The highest BCUT2D eigenvalue weighted by atomic mass is 16.5. The Morgan fingerprint density at radius 2 is 1.63 bits per heavy atom. The zero-order valence-electron chi connectivity index (χ0n) is 24.3. The molecule has 0 bridgehead atoms. The molecule has 1 aliphatic rings. The Balaban J connectivity index is 2.22. The second-order valence-corrected chi connectivity index (χ2v) is 11.7. The Hall–Kier alpha value is -1.29. The van der Waals surface area contributed by atoms with E-state index in [1.165, 1.54) is 56.1 Å². The lowest BCUT2D eigenvalue weighted by molar-refractivity contribution is -0.145. The van der Waals surface area contributed by atoms with E-state index in [1.807, 2.05) is 13.8 Å². The van der Waals surface area contributed by atoms with Crippen molar-refractivity contribution in [1.82, 2.24) is 0 Å². The fourth-order valence-electron chi connectivity index (χ4n) is 5.20. The molecule has 1 aliphatic carbocycles. The summed E-state index contributed by atoms with van der Waals surface area (Å²) in [6.07, 6.45) is 15.2. The number of rotatable bonds is 18. The van der Waals surface area contributed by atoms with Gasteiger partial charge in [-0.05, 0) is 94.6 Å². The van der Waals surface area contributed by atoms with Crippen molar-refractivity contribution in [2.45, 2.75) is 131 Å². The highest BCUT2D eigenvalue weighted by Crippen LogP contribution is 2.34. The zero-order chi connectivity index (χ0) is 26.4. The standard InChI is InChI=1S/C31H56O4/c1-9-35-29-27(6)25(4)18-20-28(29)19-17-24(3)14-10-13-23(2)15-11-21-31(7,33)22-12-16-26(5)30(32)34-8/h20,23-26,33H,9-19,21-22H2,1-8H3. The summed E-state index contributed by atoms with van der Waals surface area (Å²) in [7, 11) is 1.43. The number of hydrogen-bond donors (Lipinski definition) is 1. The topological polar surface area (TPSA) is 55.8 Å². The molecule has 0 aliphatic heterocycles. The van der Waals surface area contributed by atoms with E-state index in [1.54, 1.807) is 0 Å². The smallest absolute Gasteiger partial charge is 0.308 e. The van der Waals surface area contributed by atoms with Gasteiger partial charge in [0.1, 0.15) is 5.76 Å². The number of esters is 1. The number of allylic oxidation sites excluding steroid dienone is 3. The van der Waals surface area contributed by atoms with Gasteiger partial charge in [-0.3, -0.25) is 4.79 Å². The molecule has 4 nitrogen and oxygen atoms in total. The van der Waals surface area contributed by atoms with E-state index in [9.17, 15) is 9.90 Å². The van der Waals surface area contributed by atoms with Gasteiger partial charge >= 0.3 is 5.97 Å². The van der Waals surface area contributed by atoms with E-state index in [4.69, 9.17) is 9.47 Å². The second kappa shape index (κ2) is 16.5. The first-order valence-corrected chi connectivity index (χ1v) is 14.3. The van der Waals surface area contributed by atoms with Crippen LogP contribution in [0.4, 0.5) is 0 Å². The molecule has 0 fully saturated rings. The molecule has 0 aromatic carbocycles. The van der Waals surface area contributed by atoms with Crippen molar-refractivity contribution in [3.05, 3.63) is 23.0 Å². The first kappa shape index (κ1) is 31.7. The third kappa shape index (κ3) is 12.5. The molecule has 204 valence electrons. The Labute approximate surface area is 216 Å². The van der Waals surface area contributed by atoms with Crippen molar-refractivity contribution in [2.24, 2.45) is 23.7 Å². The molecule has 4 heteroatoms. The zero-order valence-corrected chi connectivity index (χ0v) is 24.3. The van der Waals surface area contributed by atoms with Gasteiger partial charge in [-0.25, -0.2) is 0 Å². The van der Waals surface area contributed by atoms with Crippen molar-refractivity contribution < 1.29 is 19.4 Å². The molecular weight excluding hydrogens is 436 g/mol. The van der Waals surface area contributed by atoms with Crippen LogP contribution in [0.2, 0.25) is 0 Å². The molecule has 0 saturated carbocycles. The van der Waals surface area contributed by atoms with Crippen LogP contribution in [0, 0.1) is 23.7 Å². The third-order valence-electron chi connectivity index (χ3n) is 8.06. The van der Waals surface area contributed by atoms with E-state index in [-0.39, 0.29) is 11.9 Å². The number of carbonyl (C=O) groups is 1. The number of ether oxygens (including phenoxy) is 2. The fourth-order valence-corrected chi connectivity index (χ4v) is 5.20. The van der Waals surface area contributed by atoms with Crippen molar-refractivity contribution in [1.29, 1.82) is 0 Å². The van der Waals surface area contributed by atoms with E-state index >= 15 is 0 Å². The Morgan fingerprint density at radius 3 is 2.23 bits per heavy atom. The second-order valence-electron chi connectivity index (χ2n) is 11.7. The highest BCUT2D eigenvalue weighted by molar-refractivity contribution is 5.71. The van der Waals surface area contributed by atoms with E-state index in [2.05, 4.69) is 40.7 Å². The van der Waals surface area contributed by atoms with Crippen LogP contribution < -0.4 is 0 Å². The van der Waals surface area contributed by atoms with Crippen molar-refractivity contribution in [3.8, 4) is 0 Å². The van der Waals surface area contributed by atoms with Crippen LogP contribution in [0.5, 0.6) is 0 Å². The third-order valence-corrected chi connectivity index (χ3v) is 8.06. The minimum atomic E-state index is -0.636. The minimum Gasteiger partial charge on any atom is -0.494 e. The van der Waals surface area contributed by atoms with Crippen LogP contribution in [0.3, 0.4) is 0 Å². The van der Waals surface area contributed by atoms with Gasteiger partial charge in [0, 0.05) is 0 Å². The van der Waals surface area contributed by atoms with Gasteiger partial charge in [0.15, 0.2) is 0 Å². The molecule has 1 N–H and O–H groups in total. The molecule has 5 atom stereocenters. The largest absolute Gasteiger partial charge is 0.494 e. The molecule has 0 saturated heterocycles. The summed E-state index contributed by atoms with van der Waals surface area (Å²) in [5, 5.41) is 10.7. The maximum atomic E-state index is 11.5. The summed E-state index contributed by atoms with van der Waals surface area (Å²) in [6, 6.07) is 0. The van der Waals surface area contributed by atoms with Crippen LogP contribution in [0.15, 0.2) is 23.0 Å². The average molecular weight is 493 g/mol. The summed E-state index contributed by atoms with van der Waals surface area (Å²) in [5.74, 6) is 2.96. The van der Waals surface area contributed by atoms with Gasteiger partial charge in [-0.1, -0.05) is 65.9 Å². The average Bonchev–Trinajstić information content (AvgIpc) is 2.80. The van der Waals surface area contributed by atoms with Crippen molar-refractivity contribution in [2.75, 3.05) is 13.7 Å². The van der Waals surface area contributed by atoms with E-state index in [0.717, 1.165) is 57.5 Å². The van der Waals surface area contributed by atoms with Crippen LogP contribution >= 0.6 is 0 Å². The summed E-state index contributed by atoms with van der Waals surface area (Å²) in [5.41, 5.74) is 2.21. The molecule has 0 aromatic heterocycles. The Kier molecular flexibility index (Phi) is 14.9. The van der Waals surface area contributed by atoms with Gasteiger partial charge in [-0.2, -0.15) is 0 Å². The number of aliphatic hydroxyl groups is 1. The lowest BCUT2D eigenvalue weighted by Gasteiger charge is -2.25. The summed E-state index contributed by atoms with van der Waals surface area (Å²) in [6.45, 7) is 15.9. The molecule has 35 heavy (non-hydrogen) atoms. The highest BCUT2D eigenvalue weighted by Gasteiger charge is 2.22. The van der Waals surface area contributed by atoms with Crippen molar-refractivity contribution in [3.63, 3.8) is 0 Å². The lowest BCUT2D eigenvalue weighted by Crippen LogP contribution is -2.24. The van der Waals surface area contributed by atoms with Crippen molar-refractivity contribution >= 4 is 5.97 Å². The molecule has 0 spiro atoms. The molecule has 0 aromatic rings. The summed E-state index contributed by atoms with van der Waals surface area (Å²) in [4.78, 5) is 11.5. The van der Waals surface area contributed by atoms with Crippen LogP contribution in [0.1, 0.15) is 126 Å². The maximum Gasteiger partial charge on any atom is 0.308 e. The quantitative estimate of drug-likeness (QED) is 0.195. The SMILES string of the molecule is CCOC1=C(C)C(C)CC=C1CCC(C)CCCC(C)CCCC(C)(O)CCCC(C)C(=O)OC. The van der Waals surface area contributed by atoms with E-state index < -0.39 is 5.60 Å². The van der Waals surface area contributed by atoms with Gasteiger partial charge in [0.05, 0.1) is 25.2 Å². The molecule has 0 heterocycles. The molecular formula is C31H56O4.